The predicted molar refractivity (Wildman–Crippen MR) is 68.4 cm³/mol. The van der Waals surface area contributed by atoms with Crippen LogP contribution in [0.4, 0.5) is 5.69 Å². The summed E-state index contributed by atoms with van der Waals surface area (Å²) < 4.78 is 6.95. The van der Waals surface area contributed by atoms with Crippen LogP contribution in [0, 0.1) is 0 Å². The second-order valence-electron chi connectivity index (χ2n) is 4.72. The molecule has 0 spiro atoms. The number of hydrogen-bond donors (Lipinski definition) is 1. The first-order valence-electron chi connectivity index (χ1n) is 6.15. The molecule has 1 N–H and O–H groups in total. The van der Waals surface area contributed by atoms with E-state index in [2.05, 4.69) is 5.32 Å². The molecule has 1 aromatic heterocycles. The quantitative estimate of drug-likeness (QED) is 0.869. The van der Waals surface area contributed by atoms with Crippen molar-refractivity contribution in [1.29, 1.82) is 0 Å². The summed E-state index contributed by atoms with van der Waals surface area (Å²) in [6.07, 6.45) is 6.75. The van der Waals surface area contributed by atoms with Gasteiger partial charge in [-0.15, -0.1) is 0 Å². The van der Waals surface area contributed by atoms with Crippen molar-refractivity contribution in [2.75, 3.05) is 12.4 Å². The lowest BCUT2D eigenvalue weighted by Crippen LogP contribution is -2.29. The number of nitrogens with one attached hydrogen (secondary N) is 1. The first-order chi connectivity index (χ1) is 8.19. The molecule has 0 bridgehead atoms. The van der Waals surface area contributed by atoms with E-state index in [1.165, 1.54) is 0 Å². The smallest absolute Gasteiger partial charge is 0.250 e. The molecular formula is C13H20N2O2. The zero-order valence-corrected chi connectivity index (χ0v) is 10.5. The Morgan fingerprint density at radius 1 is 1.29 bits per heavy atom. The summed E-state index contributed by atoms with van der Waals surface area (Å²) in [4.78, 5) is 11.3. The van der Waals surface area contributed by atoms with Crippen LogP contribution in [-0.2, 0) is 11.8 Å². The van der Waals surface area contributed by atoms with E-state index in [1.807, 2.05) is 12.3 Å². The highest BCUT2D eigenvalue weighted by atomic mass is 16.5. The van der Waals surface area contributed by atoms with Crippen molar-refractivity contribution in [2.45, 2.75) is 37.8 Å². The van der Waals surface area contributed by atoms with Gasteiger partial charge in [0.1, 0.15) is 0 Å². The summed E-state index contributed by atoms with van der Waals surface area (Å²) in [5.74, 6) is 0. The predicted octanol–water partition coefficient (Wildman–Crippen LogP) is 1.75. The molecule has 94 valence electrons. The number of anilines is 1. The lowest BCUT2D eigenvalue weighted by atomic mass is 9.93. The number of aryl methyl sites for hydroxylation is 1. The topological polar surface area (TPSA) is 43.3 Å². The van der Waals surface area contributed by atoms with Gasteiger partial charge in [0.15, 0.2) is 0 Å². The van der Waals surface area contributed by atoms with E-state index in [0.717, 1.165) is 31.4 Å². The Bertz CT molecular complexity index is 420. The first kappa shape index (κ1) is 12.2. The van der Waals surface area contributed by atoms with Crippen molar-refractivity contribution in [3.05, 3.63) is 28.7 Å². The zero-order chi connectivity index (χ0) is 12.3. The fourth-order valence-corrected chi connectivity index (χ4v) is 2.36. The molecule has 1 saturated carbocycles. The molecule has 0 saturated heterocycles. The molecule has 2 rings (SSSR count). The highest BCUT2D eigenvalue weighted by Gasteiger charge is 2.20. The molecule has 0 aromatic carbocycles. The van der Waals surface area contributed by atoms with E-state index in [0.29, 0.717) is 12.1 Å². The van der Waals surface area contributed by atoms with Crippen molar-refractivity contribution < 1.29 is 4.74 Å². The summed E-state index contributed by atoms with van der Waals surface area (Å²) in [5.41, 5.74) is 1.05. The SMILES string of the molecule is COC1CCC(Nc2ccc(=O)n(C)c2)CC1. The van der Waals surface area contributed by atoms with Gasteiger partial charge in [-0.2, -0.15) is 0 Å². The van der Waals surface area contributed by atoms with Crippen LogP contribution in [0.15, 0.2) is 23.1 Å². The van der Waals surface area contributed by atoms with Gasteiger partial charge in [0, 0.05) is 32.5 Å². The minimum absolute atomic E-state index is 0.0265. The molecular weight excluding hydrogens is 216 g/mol. The molecule has 17 heavy (non-hydrogen) atoms. The molecule has 0 aliphatic heterocycles. The Kier molecular flexibility index (Phi) is 3.84. The van der Waals surface area contributed by atoms with Gasteiger partial charge in [-0.3, -0.25) is 4.79 Å². The van der Waals surface area contributed by atoms with Crippen LogP contribution in [-0.4, -0.2) is 23.8 Å². The summed E-state index contributed by atoms with van der Waals surface area (Å²) in [5, 5.41) is 3.48. The first-order valence-corrected chi connectivity index (χ1v) is 6.15. The largest absolute Gasteiger partial charge is 0.381 e. The fourth-order valence-electron chi connectivity index (χ4n) is 2.36. The van der Waals surface area contributed by atoms with Crippen LogP contribution in [0.3, 0.4) is 0 Å². The molecule has 0 amide bonds. The molecule has 1 aliphatic carbocycles. The number of methoxy groups -OCH3 is 1. The normalized spacial score (nSPS) is 24.6. The van der Waals surface area contributed by atoms with E-state index in [9.17, 15) is 4.79 Å². The lowest BCUT2D eigenvalue weighted by Gasteiger charge is -2.28. The number of hydrogen-bond acceptors (Lipinski definition) is 3. The Labute approximate surface area is 102 Å². The van der Waals surface area contributed by atoms with Gasteiger partial charge in [-0.1, -0.05) is 0 Å². The average molecular weight is 236 g/mol. The Morgan fingerprint density at radius 2 is 2.00 bits per heavy atom. The second kappa shape index (κ2) is 5.36. The molecule has 1 fully saturated rings. The van der Waals surface area contributed by atoms with Crippen molar-refractivity contribution in [3.8, 4) is 0 Å². The van der Waals surface area contributed by atoms with Crippen molar-refractivity contribution in [3.63, 3.8) is 0 Å². The van der Waals surface area contributed by atoms with E-state index in [4.69, 9.17) is 4.74 Å². The summed E-state index contributed by atoms with van der Waals surface area (Å²) in [6, 6.07) is 3.95. The summed E-state index contributed by atoms with van der Waals surface area (Å²) >= 11 is 0. The molecule has 0 atom stereocenters. The summed E-state index contributed by atoms with van der Waals surface area (Å²) in [7, 11) is 3.56. The number of nitrogens with zero attached hydrogens (tertiary/aromatic N) is 1. The van der Waals surface area contributed by atoms with Crippen LogP contribution < -0.4 is 10.9 Å². The van der Waals surface area contributed by atoms with Gasteiger partial charge in [0.2, 0.25) is 5.56 Å². The lowest BCUT2D eigenvalue weighted by molar-refractivity contribution is 0.0682. The minimum atomic E-state index is 0.0265. The minimum Gasteiger partial charge on any atom is -0.381 e. The zero-order valence-electron chi connectivity index (χ0n) is 10.5. The third-order valence-corrected chi connectivity index (χ3v) is 3.46. The highest BCUT2D eigenvalue weighted by molar-refractivity contribution is 5.41. The fraction of sp³-hybridized carbons (Fsp3) is 0.615. The molecule has 1 heterocycles. The van der Waals surface area contributed by atoms with Gasteiger partial charge >= 0.3 is 0 Å². The van der Waals surface area contributed by atoms with Crippen LogP contribution in [0.2, 0.25) is 0 Å². The van der Waals surface area contributed by atoms with Crippen molar-refractivity contribution >= 4 is 5.69 Å². The molecule has 0 radical (unpaired) electrons. The molecule has 4 heteroatoms. The maximum absolute atomic E-state index is 11.3. The third kappa shape index (κ3) is 3.09. The van der Waals surface area contributed by atoms with Crippen LogP contribution in [0.1, 0.15) is 25.7 Å². The van der Waals surface area contributed by atoms with E-state index >= 15 is 0 Å². The standard InChI is InChI=1S/C13H20N2O2/c1-15-9-11(5-8-13(15)16)14-10-3-6-12(17-2)7-4-10/h5,8-10,12,14H,3-4,6-7H2,1-2H3. The van der Waals surface area contributed by atoms with Crippen LogP contribution in [0.5, 0.6) is 0 Å². The maximum atomic E-state index is 11.3. The maximum Gasteiger partial charge on any atom is 0.250 e. The van der Waals surface area contributed by atoms with E-state index in [-0.39, 0.29) is 5.56 Å². The number of ether oxygens (including phenoxy) is 1. The average Bonchev–Trinajstić information content (AvgIpc) is 2.35. The van der Waals surface area contributed by atoms with Gasteiger partial charge in [0.05, 0.1) is 11.8 Å². The molecule has 4 nitrogen and oxygen atoms in total. The molecule has 1 aromatic rings. The van der Waals surface area contributed by atoms with Crippen LogP contribution >= 0.6 is 0 Å². The third-order valence-electron chi connectivity index (χ3n) is 3.46. The van der Waals surface area contributed by atoms with Gasteiger partial charge < -0.3 is 14.6 Å². The van der Waals surface area contributed by atoms with Crippen molar-refractivity contribution in [2.24, 2.45) is 7.05 Å². The van der Waals surface area contributed by atoms with E-state index in [1.54, 1.807) is 24.8 Å². The van der Waals surface area contributed by atoms with Gasteiger partial charge in [0.25, 0.3) is 0 Å². The Hall–Kier alpha value is -1.29. The van der Waals surface area contributed by atoms with E-state index < -0.39 is 0 Å². The number of pyridine rings is 1. The molecule has 0 unspecified atom stereocenters. The Morgan fingerprint density at radius 3 is 2.59 bits per heavy atom. The van der Waals surface area contributed by atoms with Crippen LogP contribution in [0.25, 0.3) is 0 Å². The van der Waals surface area contributed by atoms with Crippen molar-refractivity contribution in [1.82, 2.24) is 4.57 Å². The monoisotopic (exact) mass is 236 g/mol. The number of aromatic nitrogens is 1. The molecule has 1 aliphatic rings. The Balaban J connectivity index is 1.93. The number of rotatable bonds is 3. The summed E-state index contributed by atoms with van der Waals surface area (Å²) in [6.45, 7) is 0. The van der Waals surface area contributed by atoms with Gasteiger partial charge in [-0.05, 0) is 31.7 Å². The second-order valence-corrected chi connectivity index (χ2v) is 4.72. The van der Waals surface area contributed by atoms with Gasteiger partial charge in [-0.25, -0.2) is 0 Å². The highest BCUT2D eigenvalue weighted by Crippen LogP contribution is 2.23.